The third kappa shape index (κ3) is 3.75. The van der Waals surface area contributed by atoms with E-state index in [9.17, 15) is 5.11 Å². The molecular formula is C19H25ClN3O2P. The first kappa shape index (κ1) is 19.2. The van der Waals surface area contributed by atoms with Crippen molar-refractivity contribution in [3.63, 3.8) is 0 Å². The van der Waals surface area contributed by atoms with E-state index in [1.165, 1.54) is 0 Å². The summed E-state index contributed by atoms with van der Waals surface area (Å²) in [6.07, 6.45) is 0.362. The summed E-state index contributed by atoms with van der Waals surface area (Å²) in [6, 6.07) is 5.66. The van der Waals surface area contributed by atoms with Gasteiger partial charge < -0.3 is 20.5 Å². The van der Waals surface area contributed by atoms with Crippen molar-refractivity contribution in [2.45, 2.75) is 39.2 Å². The van der Waals surface area contributed by atoms with E-state index >= 15 is 0 Å². The van der Waals surface area contributed by atoms with Crippen molar-refractivity contribution in [3.8, 4) is 11.5 Å². The van der Waals surface area contributed by atoms with Crippen LogP contribution in [0.5, 0.6) is 11.5 Å². The number of nitrogens with two attached hydrogens (primary N) is 1. The first-order valence-electron chi connectivity index (χ1n) is 8.73. The molecule has 2 unspecified atom stereocenters. The average Bonchev–Trinajstić information content (AvgIpc) is 3.02. The molecule has 1 aromatic heterocycles. The summed E-state index contributed by atoms with van der Waals surface area (Å²) in [4.78, 5) is 6.59. The number of pyridine rings is 1. The Bertz CT molecular complexity index is 829. The minimum atomic E-state index is -0.350. The van der Waals surface area contributed by atoms with Crippen molar-refractivity contribution in [3.05, 3.63) is 34.3 Å². The van der Waals surface area contributed by atoms with Crippen molar-refractivity contribution >= 4 is 37.8 Å². The fourth-order valence-corrected chi connectivity index (χ4v) is 3.72. The molecule has 1 saturated heterocycles. The normalized spacial score (nSPS) is 17.2. The van der Waals surface area contributed by atoms with Crippen molar-refractivity contribution < 1.29 is 9.84 Å². The maximum Gasteiger partial charge on any atom is 0.154 e. The van der Waals surface area contributed by atoms with Gasteiger partial charge in [-0.25, -0.2) is 4.98 Å². The number of hydrogen-bond donors (Lipinski definition) is 2. The third-order valence-corrected chi connectivity index (χ3v) is 5.61. The van der Waals surface area contributed by atoms with Gasteiger partial charge in [-0.2, -0.15) is 0 Å². The zero-order valence-electron chi connectivity index (χ0n) is 15.3. The first-order valence-corrected chi connectivity index (χ1v) is 9.69. The highest BCUT2D eigenvalue weighted by molar-refractivity contribution is 7.27. The predicted octanol–water partition coefficient (Wildman–Crippen LogP) is 3.61. The zero-order chi connectivity index (χ0) is 19.0. The number of hydrogen-bond acceptors (Lipinski definition) is 5. The number of ether oxygens (including phenoxy) is 1. The smallest absolute Gasteiger partial charge is 0.154 e. The quantitative estimate of drug-likeness (QED) is 0.613. The lowest BCUT2D eigenvalue weighted by atomic mass is 10.0. The Hall–Kier alpha value is -1.55. The fourth-order valence-electron chi connectivity index (χ4n) is 3.13. The molecule has 0 bridgehead atoms. The number of aromatic nitrogens is 1. The number of halogens is 1. The van der Waals surface area contributed by atoms with Gasteiger partial charge in [-0.05, 0) is 43.0 Å². The molecule has 2 atom stereocenters. The summed E-state index contributed by atoms with van der Waals surface area (Å²) >= 11 is 6.65. The Morgan fingerprint density at radius 3 is 2.77 bits per heavy atom. The van der Waals surface area contributed by atoms with E-state index in [1.54, 1.807) is 0 Å². The fraction of sp³-hybridized carbons (Fsp3) is 0.421. The van der Waals surface area contributed by atoms with E-state index < -0.39 is 0 Å². The molecule has 0 spiro atoms. The van der Waals surface area contributed by atoms with Crippen LogP contribution < -0.4 is 20.8 Å². The van der Waals surface area contributed by atoms with Crippen LogP contribution in [0.4, 0.5) is 11.5 Å². The van der Waals surface area contributed by atoms with Gasteiger partial charge in [-0.1, -0.05) is 34.7 Å². The summed E-state index contributed by atoms with van der Waals surface area (Å²) < 4.78 is 6.16. The van der Waals surface area contributed by atoms with Crippen LogP contribution in [-0.2, 0) is 0 Å². The Morgan fingerprint density at radius 2 is 2.15 bits per heavy atom. The second kappa shape index (κ2) is 7.59. The van der Waals surface area contributed by atoms with E-state index in [-0.39, 0.29) is 6.10 Å². The highest BCUT2D eigenvalue weighted by atomic mass is 35.5. The van der Waals surface area contributed by atoms with Crippen molar-refractivity contribution in [1.82, 2.24) is 4.98 Å². The van der Waals surface area contributed by atoms with Crippen LogP contribution in [-0.4, -0.2) is 29.3 Å². The zero-order valence-corrected chi connectivity index (χ0v) is 17.2. The topological polar surface area (TPSA) is 71.6 Å². The number of aliphatic hydroxyl groups excluding tert-OH is 1. The van der Waals surface area contributed by atoms with Gasteiger partial charge in [0.05, 0.1) is 11.5 Å². The van der Waals surface area contributed by atoms with E-state index in [0.717, 1.165) is 28.8 Å². The standard InChI is InChI=1S/C19H25ClN3O2P/c1-10(2)14-8-13(4-5-15(14)21)25-17-11(3)19(26)22-18(16(17)20)23-7-6-12(24)9-23/h4-5,8,10,12,24H,6-7,9,21,26H2,1-3H3. The highest BCUT2D eigenvalue weighted by Gasteiger charge is 2.26. The number of anilines is 2. The van der Waals surface area contributed by atoms with Crippen LogP contribution in [0.2, 0.25) is 5.02 Å². The van der Waals surface area contributed by atoms with Crippen LogP contribution in [0, 0.1) is 6.92 Å². The Balaban J connectivity index is 2.00. The van der Waals surface area contributed by atoms with E-state index in [0.29, 0.717) is 41.2 Å². The SMILES string of the molecule is Cc1c(P)nc(N2CCC(O)C2)c(Cl)c1Oc1ccc(N)c(C(C)C)c1. The van der Waals surface area contributed by atoms with Gasteiger partial charge in [-0.3, -0.25) is 0 Å². The Morgan fingerprint density at radius 1 is 1.42 bits per heavy atom. The lowest BCUT2D eigenvalue weighted by molar-refractivity contribution is 0.198. The molecule has 1 fully saturated rings. The molecule has 2 heterocycles. The molecule has 0 amide bonds. The Kier molecular flexibility index (Phi) is 5.61. The predicted molar refractivity (Wildman–Crippen MR) is 111 cm³/mol. The van der Waals surface area contributed by atoms with E-state index in [4.69, 9.17) is 22.1 Å². The van der Waals surface area contributed by atoms with Crippen molar-refractivity contribution in [1.29, 1.82) is 0 Å². The molecule has 5 nitrogen and oxygen atoms in total. The highest BCUT2D eigenvalue weighted by Crippen LogP contribution is 2.40. The van der Waals surface area contributed by atoms with Gasteiger partial charge in [-0.15, -0.1) is 0 Å². The van der Waals surface area contributed by atoms with Gasteiger partial charge in [0.2, 0.25) is 0 Å². The van der Waals surface area contributed by atoms with Crippen LogP contribution >= 0.6 is 20.8 Å². The van der Waals surface area contributed by atoms with Gasteiger partial charge in [0.25, 0.3) is 0 Å². The van der Waals surface area contributed by atoms with Gasteiger partial charge in [0.15, 0.2) is 11.6 Å². The number of benzene rings is 1. The molecule has 1 aliphatic heterocycles. The monoisotopic (exact) mass is 393 g/mol. The molecule has 7 heteroatoms. The van der Waals surface area contributed by atoms with Gasteiger partial charge >= 0.3 is 0 Å². The van der Waals surface area contributed by atoms with Crippen LogP contribution in [0.3, 0.4) is 0 Å². The summed E-state index contributed by atoms with van der Waals surface area (Å²) in [5.74, 6) is 2.22. The van der Waals surface area contributed by atoms with Gasteiger partial charge in [0.1, 0.15) is 10.8 Å². The van der Waals surface area contributed by atoms with Gasteiger partial charge in [0, 0.05) is 24.3 Å². The minimum absolute atomic E-state index is 0.298. The number of nitrogens with zero attached hydrogens (tertiary/aromatic N) is 2. The molecule has 0 aliphatic carbocycles. The molecule has 1 aromatic carbocycles. The molecular weight excluding hydrogens is 369 g/mol. The van der Waals surface area contributed by atoms with Crippen LogP contribution in [0.15, 0.2) is 18.2 Å². The number of β-amino-alcohol motifs (C(OH)–C–C–N with tert-alkyl or cyclic N) is 1. The van der Waals surface area contributed by atoms with Crippen LogP contribution in [0.1, 0.15) is 37.3 Å². The molecule has 0 saturated carbocycles. The molecule has 140 valence electrons. The second-order valence-corrected chi connectivity index (χ2v) is 7.95. The van der Waals surface area contributed by atoms with E-state index in [2.05, 4.69) is 28.1 Å². The lowest BCUT2D eigenvalue weighted by Crippen LogP contribution is -2.25. The molecule has 3 N–H and O–H groups in total. The maximum atomic E-state index is 9.83. The lowest BCUT2D eigenvalue weighted by Gasteiger charge is -2.22. The third-order valence-electron chi connectivity index (χ3n) is 4.71. The Labute approximate surface area is 161 Å². The van der Waals surface area contributed by atoms with Crippen molar-refractivity contribution in [2.24, 2.45) is 0 Å². The number of rotatable bonds is 4. The number of nitrogen functional groups attached to an aromatic ring is 1. The maximum absolute atomic E-state index is 9.83. The summed E-state index contributed by atoms with van der Waals surface area (Å²) in [6.45, 7) is 7.37. The molecule has 0 radical (unpaired) electrons. The number of aliphatic hydroxyl groups is 1. The minimum Gasteiger partial charge on any atom is -0.455 e. The van der Waals surface area contributed by atoms with Crippen molar-refractivity contribution in [2.75, 3.05) is 23.7 Å². The molecule has 1 aliphatic rings. The summed E-state index contributed by atoms with van der Waals surface area (Å²) in [7, 11) is 2.63. The second-order valence-electron chi connectivity index (χ2n) is 7.02. The molecule has 26 heavy (non-hydrogen) atoms. The summed E-state index contributed by atoms with van der Waals surface area (Å²) in [5, 5.41) is 10.3. The first-order chi connectivity index (χ1) is 12.3. The van der Waals surface area contributed by atoms with Crippen LogP contribution in [0.25, 0.3) is 0 Å². The average molecular weight is 394 g/mol. The molecule has 2 aromatic rings. The largest absolute Gasteiger partial charge is 0.455 e. The summed E-state index contributed by atoms with van der Waals surface area (Å²) in [5.41, 5.74) is 9.50. The molecule has 3 rings (SSSR count). The van der Waals surface area contributed by atoms with E-state index in [1.807, 2.05) is 30.0 Å².